The molecule has 0 aliphatic rings. The van der Waals surface area contributed by atoms with Crippen LogP contribution in [0, 0.1) is 6.92 Å². The molecule has 2 aromatic carbocycles. The van der Waals surface area contributed by atoms with Crippen molar-refractivity contribution in [3.63, 3.8) is 0 Å². The number of hydrogen-bond acceptors (Lipinski definition) is 5. The summed E-state index contributed by atoms with van der Waals surface area (Å²) in [5, 5.41) is 15.4. The van der Waals surface area contributed by atoms with Crippen molar-refractivity contribution in [3.05, 3.63) is 65.2 Å². The van der Waals surface area contributed by atoms with Gasteiger partial charge in [-0.3, -0.25) is 4.79 Å². The van der Waals surface area contributed by atoms with Crippen LogP contribution in [0.1, 0.15) is 36.6 Å². The van der Waals surface area contributed by atoms with E-state index in [-0.39, 0.29) is 17.7 Å². The Morgan fingerprint density at radius 2 is 1.85 bits per heavy atom. The molecule has 1 amide bonds. The molecule has 27 heavy (non-hydrogen) atoms. The van der Waals surface area contributed by atoms with Crippen LogP contribution in [0.3, 0.4) is 0 Å². The third-order valence-electron chi connectivity index (χ3n) is 4.32. The fraction of sp³-hybridized carbons (Fsp3) is 0.300. The lowest BCUT2D eigenvalue weighted by molar-refractivity contribution is -0.119. The number of nitrogens with zero attached hydrogens (tertiary/aromatic N) is 4. The summed E-state index contributed by atoms with van der Waals surface area (Å²) in [5.74, 6) is 0.203. The molecule has 1 heterocycles. The molecule has 6 nitrogen and oxygen atoms in total. The predicted octanol–water partition coefficient (Wildman–Crippen LogP) is 3.50. The number of aromatic nitrogens is 4. The van der Waals surface area contributed by atoms with E-state index in [0.717, 1.165) is 17.7 Å². The molecular formula is C20H23N5OS. The van der Waals surface area contributed by atoms with Crippen molar-refractivity contribution >= 4 is 17.7 Å². The second kappa shape index (κ2) is 8.81. The quantitative estimate of drug-likeness (QED) is 0.634. The molecule has 0 fully saturated rings. The Bertz CT molecular complexity index is 889. The number of benzene rings is 2. The topological polar surface area (TPSA) is 72.7 Å². The normalized spacial score (nSPS) is 12.0. The Labute approximate surface area is 163 Å². The average Bonchev–Trinajstić information content (AvgIpc) is 3.15. The summed E-state index contributed by atoms with van der Waals surface area (Å²) < 4.78 is 1.64. The van der Waals surface area contributed by atoms with Crippen molar-refractivity contribution in [2.45, 2.75) is 38.4 Å². The molecule has 3 rings (SSSR count). The van der Waals surface area contributed by atoms with Crippen LogP contribution in [0.15, 0.2) is 53.7 Å². The maximum absolute atomic E-state index is 12.3. The van der Waals surface area contributed by atoms with Gasteiger partial charge in [0.2, 0.25) is 11.1 Å². The lowest BCUT2D eigenvalue weighted by atomic mass is 10.1. The van der Waals surface area contributed by atoms with E-state index >= 15 is 0 Å². The number of rotatable bonds is 7. The Morgan fingerprint density at radius 1 is 1.15 bits per heavy atom. The lowest BCUT2D eigenvalue weighted by Crippen LogP contribution is -2.28. The third-order valence-corrected chi connectivity index (χ3v) is 5.24. The highest BCUT2D eigenvalue weighted by molar-refractivity contribution is 7.99. The summed E-state index contributed by atoms with van der Waals surface area (Å²) in [5.41, 5.74) is 4.42. The third kappa shape index (κ3) is 4.95. The van der Waals surface area contributed by atoms with Gasteiger partial charge in [0, 0.05) is 0 Å². The zero-order chi connectivity index (χ0) is 19.2. The van der Waals surface area contributed by atoms with E-state index in [1.54, 1.807) is 4.68 Å². The molecule has 3 aromatic rings. The molecule has 0 aliphatic carbocycles. The molecule has 0 aliphatic heterocycles. The van der Waals surface area contributed by atoms with Gasteiger partial charge in [0.15, 0.2) is 0 Å². The van der Waals surface area contributed by atoms with Crippen LogP contribution in [-0.2, 0) is 11.2 Å². The Balaban J connectivity index is 1.58. The standard InChI is InChI=1S/C20H23N5OS/c1-4-16-7-9-17(10-8-16)15(3)21-19(26)13-27-20-22-23-24-25(20)18-11-5-14(2)6-12-18/h5-12,15H,4,13H2,1-3H3,(H,21,26). The van der Waals surface area contributed by atoms with Crippen LogP contribution in [0.2, 0.25) is 0 Å². The molecule has 140 valence electrons. The number of nitrogens with one attached hydrogen (secondary N) is 1. The summed E-state index contributed by atoms with van der Waals surface area (Å²) in [6.07, 6.45) is 1.01. The number of hydrogen-bond donors (Lipinski definition) is 1. The smallest absolute Gasteiger partial charge is 0.230 e. The lowest BCUT2D eigenvalue weighted by Gasteiger charge is -2.14. The Hall–Kier alpha value is -2.67. The highest BCUT2D eigenvalue weighted by atomic mass is 32.2. The molecule has 7 heteroatoms. The van der Waals surface area contributed by atoms with Gasteiger partial charge in [-0.15, -0.1) is 5.10 Å². The Morgan fingerprint density at radius 3 is 2.52 bits per heavy atom. The Kier molecular flexibility index (Phi) is 6.24. The summed E-state index contributed by atoms with van der Waals surface area (Å²) in [4.78, 5) is 12.3. The van der Waals surface area contributed by atoms with Gasteiger partial charge in [0.1, 0.15) is 0 Å². The second-order valence-corrected chi connectivity index (χ2v) is 7.32. The predicted molar refractivity (Wildman–Crippen MR) is 107 cm³/mol. The van der Waals surface area contributed by atoms with Gasteiger partial charge >= 0.3 is 0 Å². The zero-order valence-electron chi connectivity index (χ0n) is 15.7. The maximum Gasteiger partial charge on any atom is 0.230 e. The first-order chi connectivity index (χ1) is 13.1. The van der Waals surface area contributed by atoms with Gasteiger partial charge in [-0.25, -0.2) is 0 Å². The highest BCUT2D eigenvalue weighted by Crippen LogP contribution is 2.19. The van der Waals surface area contributed by atoms with Gasteiger partial charge in [-0.2, -0.15) is 4.68 Å². The number of carbonyl (C=O) groups is 1. The minimum Gasteiger partial charge on any atom is -0.349 e. The van der Waals surface area contributed by atoms with E-state index in [9.17, 15) is 4.79 Å². The monoisotopic (exact) mass is 381 g/mol. The SMILES string of the molecule is CCc1ccc(C(C)NC(=O)CSc2nnnn2-c2ccc(C)cc2)cc1. The molecule has 0 saturated carbocycles. The highest BCUT2D eigenvalue weighted by Gasteiger charge is 2.14. The first kappa shape index (κ1) is 19.1. The molecule has 0 spiro atoms. The zero-order valence-corrected chi connectivity index (χ0v) is 16.5. The average molecular weight is 382 g/mol. The molecule has 1 atom stereocenters. The van der Waals surface area contributed by atoms with Crippen molar-refractivity contribution in [2.24, 2.45) is 0 Å². The number of amides is 1. The van der Waals surface area contributed by atoms with Crippen LogP contribution in [0.25, 0.3) is 5.69 Å². The summed E-state index contributed by atoms with van der Waals surface area (Å²) in [6.45, 7) is 6.14. The van der Waals surface area contributed by atoms with Crippen molar-refractivity contribution < 1.29 is 4.79 Å². The summed E-state index contributed by atoms with van der Waals surface area (Å²) >= 11 is 1.32. The van der Waals surface area contributed by atoms with Gasteiger partial charge in [0.25, 0.3) is 0 Å². The molecule has 0 saturated heterocycles. The first-order valence-corrected chi connectivity index (χ1v) is 9.91. The summed E-state index contributed by atoms with van der Waals surface area (Å²) in [6, 6.07) is 16.2. The molecular weight excluding hydrogens is 358 g/mol. The minimum absolute atomic E-state index is 0.0444. The van der Waals surface area contributed by atoms with E-state index in [2.05, 4.69) is 52.0 Å². The minimum atomic E-state index is -0.0504. The van der Waals surface area contributed by atoms with Crippen molar-refractivity contribution in [2.75, 3.05) is 5.75 Å². The number of aryl methyl sites for hydroxylation is 2. The van der Waals surface area contributed by atoms with Crippen molar-refractivity contribution in [3.8, 4) is 5.69 Å². The molecule has 1 unspecified atom stereocenters. The van der Waals surface area contributed by atoms with Gasteiger partial charge in [-0.1, -0.05) is 60.6 Å². The van der Waals surface area contributed by atoms with Gasteiger partial charge in [0.05, 0.1) is 17.5 Å². The van der Waals surface area contributed by atoms with Crippen molar-refractivity contribution in [1.29, 1.82) is 0 Å². The van der Waals surface area contributed by atoms with E-state index in [1.807, 2.05) is 38.1 Å². The van der Waals surface area contributed by atoms with Crippen LogP contribution < -0.4 is 5.32 Å². The molecule has 1 N–H and O–H groups in total. The number of thioether (sulfide) groups is 1. The second-order valence-electron chi connectivity index (χ2n) is 6.38. The maximum atomic E-state index is 12.3. The largest absolute Gasteiger partial charge is 0.349 e. The van der Waals surface area contributed by atoms with Gasteiger partial charge < -0.3 is 5.32 Å². The van der Waals surface area contributed by atoms with E-state index in [1.165, 1.54) is 22.9 Å². The first-order valence-electron chi connectivity index (χ1n) is 8.93. The number of tetrazole rings is 1. The van der Waals surface area contributed by atoms with Crippen LogP contribution in [-0.4, -0.2) is 31.9 Å². The van der Waals surface area contributed by atoms with E-state index in [4.69, 9.17) is 0 Å². The van der Waals surface area contributed by atoms with Crippen LogP contribution in [0.4, 0.5) is 0 Å². The van der Waals surface area contributed by atoms with Crippen LogP contribution >= 0.6 is 11.8 Å². The fourth-order valence-electron chi connectivity index (χ4n) is 2.66. The van der Waals surface area contributed by atoms with Gasteiger partial charge in [-0.05, 0) is 54.0 Å². The molecule has 0 bridgehead atoms. The van der Waals surface area contributed by atoms with Crippen LogP contribution in [0.5, 0.6) is 0 Å². The van der Waals surface area contributed by atoms with E-state index < -0.39 is 0 Å². The van der Waals surface area contributed by atoms with E-state index in [0.29, 0.717) is 5.16 Å². The molecule has 0 radical (unpaired) electrons. The van der Waals surface area contributed by atoms with Crippen molar-refractivity contribution in [1.82, 2.24) is 25.5 Å². The summed E-state index contributed by atoms with van der Waals surface area (Å²) in [7, 11) is 0. The number of carbonyl (C=O) groups excluding carboxylic acids is 1. The molecule has 1 aromatic heterocycles. The fourth-order valence-corrected chi connectivity index (χ4v) is 3.36.